The molecule has 1 aliphatic heterocycles. The fraction of sp³-hybridized carbons (Fsp3) is 0.333. The molecule has 0 radical (unpaired) electrons. The van der Waals surface area contributed by atoms with Crippen LogP contribution in [0.4, 0.5) is 8.78 Å². The molecular weight excluding hydrogens is 462 g/mol. The fourth-order valence-electron chi connectivity index (χ4n) is 4.67. The van der Waals surface area contributed by atoms with E-state index >= 15 is 0 Å². The molecule has 0 spiro atoms. The monoisotopic (exact) mass is 490 g/mol. The van der Waals surface area contributed by atoms with Gasteiger partial charge in [0.25, 0.3) is 5.92 Å². The first-order valence-corrected chi connectivity index (χ1v) is 12.1. The molecule has 9 heteroatoms. The minimum absolute atomic E-state index is 0.120. The molecule has 1 amide bonds. The van der Waals surface area contributed by atoms with Crippen molar-refractivity contribution in [2.75, 3.05) is 19.6 Å². The first kappa shape index (κ1) is 24.0. The van der Waals surface area contributed by atoms with Crippen molar-refractivity contribution >= 4 is 16.8 Å². The second-order valence-corrected chi connectivity index (χ2v) is 9.25. The highest BCUT2D eigenvalue weighted by Crippen LogP contribution is 2.32. The van der Waals surface area contributed by atoms with E-state index in [1.807, 2.05) is 60.4 Å². The molecule has 4 aromatic rings. The number of nitrogens with one attached hydrogen (secondary N) is 1. The number of rotatable bonds is 7. The van der Waals surface area contributed by atoms with Crippen LogP contribution < -0.4 is 5.32 Å². The van der Waals surface area contributed by atoms with Gasteiger partial charge in [-0.3, -0.25) is 19.7 Å². The van der Waals surface area contributed by atoms with Gasteiger partial charge in [0, 0.05) is 49.8 Å². The first-order chi connectivity index (χ1) is 17.4. The molecule has 1 unspecified atom stereocenters. The molecule has 1 N–H and O–H groups in total. The van der Waals surface area contributed by atoms with Crippen molar-refractivity contribution < 1.29 is 13.6 Å². The molecule has 0 aliphatic carbocycles. The number of carbonyl (C=O) groups excluding carboxylic acids is 1. The van der Waals surface area contributed by atoms with Crippen molar-refractivity contribution in [1.82, 2.24) is 30.0 Å². The number of fused-ring (bicyclic) bond motifs is 1. The van der Waals surface area contributed by atoms with Crippen LogP contribution in [0.2, 0.25) is 0 Å². The Bertz CT molecular complexity index is 1350. The highest BCUT2D eigenvalue weighted by molar-refractivity contribution is 5.82. The average Bonchev–Trinajstić information content (AvgIpc) is 3.29. The molecule has 7 nitrogen and oxygen atoms in total. The standard InChI is InChI=1S/C27H28F2N6O/c1-19-13-23(7-10-30-19)35-25-18-31-22(14-21(25)16-33-35)15-26(36)32-17-24(20-5-3-2-4-6-20)34-11-8-27(28,29)9-12-34/h2-7,10,13-14,16,18,24H,8-9,11-12,15,17H2,1H3,(H,32,36). The zero-order valence-corrected chi connectivity index (χ0v) is 20.1. The Morgan fingerprint density at radius 1 is 1.08 bits per heavy atom. The molecule has 0 saturated carbocycles. The van der Waals surface area contributed by atoms with Gasteiger partial charge in [0.2, 0.25) is 5.91 Å². The minimum atomic E-state index is -2.62. The zero-order chi connectivity index (χ0) is 25.1. The Hall–Kier alpha value is -3.72. The number of piperidine rings is 1. The summed E-state index contributed by atoms with van der Waals surface area (Å²) in [6.07, 6.45) is 5.01. The van der Waals surface area contributed by atoms with E-state index in [0.29, 0.717) is 25.3 Å². The first-order valence-electron chi connectivity index (χ1n) is 12.1. The number of nitrogens with zero attached hydrogens (tertiary/aromatic N) is 5. The lowest BCUT2D eigenvalue weighted by atomic mass is 10.00. The normalized spacial score (nSPS) is 16.6. The van der Waals surface area contributed by atoms with Gasteiger partial charge in [-0.25, -0.2) is 13.5 Å². The summed E-state index contributed by atoms with van der Waals surface area (Å²) in [5.74, 6) is -2.78. The van der Waals surface area contributed by atoms with Gasteiger partial charge in [-0.15, -0.1) is 0 Å². The molecule has 36 heavy (non-hydrogen) atoms. The fourth-order valence-corrected chi connectivity index (χ4v) is 4.67. The van der Waals surface area contributed by atoms with Crippen molar-refractivity contribution in [3.63, 3.8) is 0 Å². The van der Waals surface area contributed by atoms with Crippen LogP contribution in [0.25, 0.3) is 16.6 Å². The van der Waals surface area contributed by atoms with Crippen LogP contribution in [0.3, 0.4) is 0 Å². The molecule has 1 aromatic carbocycles. The molecular formula is C27H28F2N6O. The molecule has 1 saturated heterocycles. The number of hydrogen-bond acceptors (Lipinski definition) is 5. The number of benzene rings is 1. The van der Waals surface area contributed by atoms with Crippen molar-refractivity contribution in [2.45, 2.75) is 38.2 Å². The van der Waals surface area contributed by atoms with Crippen LogP contribution in [0.15, 0.2) is 67.1 Å². The molecule has 186 valence electrons. The van der Waals surface area contributed by atoms with Gasteiger partial charge in [-0.1, -0.05) is 30.3 Å². The van der Waals surface area contributed by atoms with E-state index in [1.165, 1.54) is 0 Å². The van der Waals surface area contributed by atoms with Crippen LogP contribution in [-0.2, 0) is 11.2 Å². The van der Waals surface area contributed by atoms with Gasteiger partial charge in [0.05, 0.1) is 41.8 Å². The maximum absolute atomic E-state index is 13.7. The molecule has 4 heterocycles. The third-order valence-electron chi connectivity index (χ3n) is 6.62. The molecule has 1 atom stereocenters. The predicted octanol–water partition coefficient (Wildman–Crippen LogP) is 4.26. The van der Waals surface area contributed by atoms with Crippen LogP contribution >= 0.6 is 0 Å². The summed E-state index contributed by atoms with van der Waals surface area (Å²) in [5, 5.41) is 8.36. The average molecular weight is 491 g/mol. The molecule has 3 aromatic heterocycles. The molecule has 1 aliphatic rings. The minimum Gasteiger partial charge on any atom is -0.354 e. The molecule has 1 fully saturated rings. The summed E-state index contributed by atoms with van der Waals surface area (Å²) < 4.78 is 29.2. The number of halogens is 2. The lowest BCUT2D eigenvalue weighted by Gasteiger charge is -2.37. The lowest BCUT2D eigenvalue weighted by Crippen LogP contribution is -2.45. The molecule has 0 bridgehead atoms. The number of carbonyl (C=O) groups is 1. The van der Waals surface area contributed by atoms with Gasteiger partial charge < -0.3 is 5.32 Å². The topological polar surface area (TPSA) is 75.9 Å². The van der Waals surface area contributed by atoms with Crippen LogP contribution in [0.1, 0.15) is 35.8 Å². The third kappa shape index (κ3) is 5.41. The van der Waals surface area contributed by atoms with E-state index < -0.39 is 5.92 Å². The second kappa shape index (κ2) is 10.1. The number of amides is 1. The lowest BCUT2D eigenvalue weighted by molar-refractivity contribution is -0.121. The van der Waals surface area contributed by atoms with Gasteiger partial charge in [-0.2, -0.15) is 5.10 Å². The van der Waals surface area contributed by atoms with E-state index in [4.69, 9.17) is 0 Å². The predicted molar refractivity (Wildman–Crippen MR) is 133 cm³/mol. The summed E-state index contributed by atoms with van der Waals surface area (Å²) in [4.78, 5) is 23.6. The smallest absolute Gasteiger partial charge is 0.250 e. The van der Waals surface area contributed by atoms with Crippen LogP contribution in [0, 0.1) is 6.92 Å². The Balaban J connectivity index is 1.26. The number of hydrogen-bond donors (Lipinski definition) is 1. The van der Waals surface area contributed by atoms with Crippen LogP contribution in [-0.4, -0.2) is 56.1 Å². The molecule has 5 rings (SSSR count). The number of aryl methyl sites for hydroxylation is 1. The van der Waals surface area contributed by atoms with Crippen molar-refractivity contribution in [2.24, 2.45) is 0 Å². The van der Waals surface area contributed by atoms with E-state index in [0.717, 1.165) is 27.8 Å². The number of pyridine rings is 2. The highest BCUT2D eigenvalue weighted by atomic mass is 19.3. The number of alkyl halides is 2. The third-order valence-corrected chi connectivity index (χ3v) is 6.62. The van der Waals surface area contributed by atoms with Gasteiger partial charge >= 0.3 is 0 Å². The van der Waals surface area contributed by atoms with Crippen LogP contribution in [0.5, 0.6) is 0 Å². The zero-order valence-electron chi connectivity index (χ0n) is 20.1. The van der Waals surface area contributed by atoms with Crippen molar-refractivity contribution in [3.8, 4) is 5.69 Å². The van der Waals surface area contributed by atoms with E-state index in [1.54, 1.807) is 23.3 Å². The van der Waals surface area contributed by atoms with Gasteiger partial charge in [0.1, 0.15) is 0 Å². The van der Waals surface area contributed by atoms with Gasteiger partial charge in [-0.05, 0) is 30.7 Å². The Morgan fingerprint density at radius 3 is 2.61 bits per heavy atom. The summed E-state index contributed by atoms with van der Waals surface area (Å²) in [7, 11) is 0. The van der Waals surface area contributed by atoms with Crippen molar-refractivity contribution in [3.05, 3.63) is 84.1 Å². The summed E-state index contributed by atoms with van der Waals surface area (Å²) in [6.45, 7) is 2.85. The number of aromatic nitrogens is 4. The number of likely N-dealkylation sites (tertiary alicyclic amines) is 1. The SMILES string of the molecule is Cc1cc(-n2ncc3cc(CC(=O)NCC(c4ccccc4)N4CCC(F)(F)CC4)ncc32)ccn1. The Morgan fingerprint density at radius 2 is 1.86 bits per heavy atom. The van der Waals surface area contributed by atoms with Crippen molar-refractivity contribution in [1.29, 1.82) is 0 Å². The van der Waals surface area contributed by atoms with E-state index in [9.17, 15) is 13.6 Å². The summed E-state index contributed by atoms with van der Waals surface area (Å²) >= 11 is 0. The van der Waals surface area contributed by atoms with E-state index in [2.05, 4.69) is 20.4 Å². The van der Waals surface area contributed by atoms with E-state index in [-0.39, 0.29) is 31.2 Å². The summed E-state index contributed by atoms with van der Waals surface area (Å²) in [6, 6.07) is 15.3. The Kier molecular flexibility index (Phi) is 6.73. The maximum Gasteiger partial charge on any atom is 0.250 e. The maximum atomic E-state index is 13.7. The van der Waals surface area contributed by atoms with Gasteiger partial charge in [0.15, 0.2) is 0 Å². The largest absolute Gasteiger partial charge is 0.354 e. The summed E-state index contributed by atoms with van der Waals surface area (Å²) in [5.41, 5.74) is 4.27. The Labute approximate surface area is 208 Å². The quantitative estimate of drug-likeness (QED) is 0.419. The second-order valence-electron chi connectivity index (χ2n) is 9.25. The highest BCUT2D eigenvalue weighted by Gasteiger charge is 2.36.